The van der Waals surface area contributed by atoms with Gasteiger partial charge in [-0.1, -0.05) is 59.9 Å². The van der Waals surface area contributed by atoms with Crippen LogP contribution < -0.4 is 10.2 Å². The molecule has 1 saturated heterocycles. The molecular weight excluding hydrogens is 464 g/mol. The number of anilines is 1. The van der Waals surface area contributed by atoms with Crippen LogP contribution in [0.25, 0.3) is 10.9 Å². The van der Waals surface area contributed by atoms with Gasteiger partial charge in [-0.3, -0.25) is 5.43 Å². The number of thiazole rings is 1. The fourth-order valence-corrected chi connectivity index (χ4v) is 4.93. The molecule has 4 aromatic rings. The molecule has 0 spiro atoms. The molecule has 8 nitrogen and oxygen atoms in total. The van der Waals surface area contributed by atoms with Crippen molar-refractivity contribution in [1.29, 1.82) is 0 Å². The molecule has 0 amide bonds. The molecule has 1 aliphatic heterocycles. The molecule has 0 saturated carbocycles. The molecule has 0 bridgehead atoms. The normalized spacial score (nSPS) is 14.5. The summed E-state index contributed by atoms with van der Waals surface area (Å²) in [5.74, 6) is 0.195. The molecule has 0 radical (unpaired) electrons. The van der Waals surface area contributed by atoms with Crippen molar-refractivity contribution in [3.8, 4) is 0 Å². The first-order chi connectivity index (χ1) is 17.1. The fourth-order valence-electron chi connectivity index (χ4n) is 3.95. The Morgan fingerprint density at radius 2 is 1.91 bits per heavy atom. The van der Waals surface area contributed by atoms with Crippen LogP contribution in [0.15, 0.2) is 65.8 Å². The molecule has 5 rings (SSSR count). The Labute approximate surface area is 206 Å². The highest BCUT2D eigenvalue weighted by Crippen LogP contribution is 2.31. The second kappa shape index (κ2) is 10.4. The molecule has 3 heterocycles. The van der Waals surface area contributed by atoms with E-state index in [2.05, 4.69) is 10.5 Å². The molecule has 0 atom stereocenters. The summed E-state index contributed by atoms with van der Waals surface area (Å²) in [5.41, 5.74) is 6.63. The number of aromatic nitrogens is 2. The fraction of sp³-hybridized carbons (Fsp3) is 0.269. The van der Waals surface area contributed by atoms with Gasteiger partial charge in [0.05, 0.1) is 37.4 Å². The lowest BCUT2D eigenvalue weighted by atomic mass is 10.1. The molecule has 9 heteroatoms. The standard InChI is InChI=1S/C26H26N4O4S/c1-3-32-24(31)22-17(2)30(16-18-9-5-4-6-10-18)26(35-22)29-28-23-20(25-33-13-14-34-25)15-19-11-7-8-12-21(19)27-23/h4-12,15,25H,3,13-14,16H2,1-2H3,(H,27,28)/b29-26+. The highest BCUT2D eigenvalue weighted by atomic mass is 32.1. The van der Waals surface area contributed by atoms with Crippen molar-refractivity contribution >= 4 is 34.0 Å². The van der Waals surface area contributed by atoms with Gasteiger partial charge in [0.1, 0.15) is 4.88 Å². The molecule has 2 aromatic heterocycles. The summed E-state index contributed by atoms with van der Waals surface area (Å²) in [6, 6.07) is 19.9. The van der Waals surface area contributed by atoms with E-state index in [4.69, 9.17) is 19.2 Å². The number of rotatable bonds is 7. The highest BCUT2D eigenvalue weighted by Gasteiger charge is 2.23. The number of carbonyl (C=O) groups excluding carboxylic acids is 1. The molecule has 35 heavy (non-hydrogen) atoms. The lowest BCUT2D eigenvalue weighted by Gasteiger charge is -2.14. The Balaban J connectivity index is 1.57. The monoisotopic (exact) mass is 490 g/mol. The van der Waals surface area contributed by atoms with Gasteiger partial charge in [0.15, 0.2) is 12.1 Å². The van der Waals surface area contributed by atoms with Crippen LogP contribution in [0.5, 0.6) is 0 Å². The minimum absolute atomic E-state index is 0.311. The summed E-state index contributed by atoms with van der Waals surface area (Å²) in [5, 5.41) is 5.67. The van der Waals surface area contributed by atoms with Crippen molar-refractivity contribution in [3.05, 3.63) is 87.2 Å². The van der Waals surface area contributed by atoms with E-state index in [9.17, 15) is 4.79 Å². The minimum Gasteiger partial charge on any atom is -0.462 e. The van der Waals surface area contributed by atoms with Crippen LogP contribution in [-0.2, 0) is 20.8 Å². The number of carbonyl (C=O) groups is 1. The third kappa shape index (κ3) is 4.97. The van der Waals surface area contributed by atoms with E-state index in [0.29, 0.717) is 41.9 Å². The minimum atomic E-state index is -0.513. The van der Waals surface area contributed by atoms with Crippen molar-refractivity contribution in [2.24, 2.45) is 5.10 Å². The maximum absolute atomic E-state index is 12.6. The number of pyridine rings is 1. The number of para-hydroxylation sites is 1. The second-order valence-corrected chi connectivity index (χ2v) is 8.98. The maximum atomic E-state index is 12.6. The number of nitrogens with one attached hydrogen (secondary N) is 1. The molecule has 2 aromatic carbocycles. The summed E-state index contributed by atoms with van der Waals surface area (Å²) in [7, 11) is 0. The van der Waals surface area contributed by atoms with Gasteiger partial charge in [-0.05, 0) is 31.5 Å². The van der Waals surface area contributed by atoms with Crippen LogP contribution in [0.3, 0.4) is 0 Å². The number of fused-ring (bicyclic) bond motifs is 1. The zero-order valence-electron chi connectivity index (χ0n) is 19.6. The Morgan fingerprint density at radius 3 is 2.69 bits per heavy atom. The average molecular weight is 491 g/mol. The van der Waals surface area contributed by atoms with E-state index >= 15 is 0 Å². The Morgan fingerprint density at radius 1 is 1.17 bits per heavy atom. The predicted octanol–water partition coefficient (Wildman–Crippen LogP) is 4.60. The van der Waals surface area contributed by atoms with E-state index in [1.54, 1.807) is 6.92 Å². The number of benzene rings is 2. The molecule has 180 valence electrons. The van der Waals surface area contributed by atoms with E-state index in [0.717, 1.165) is 27.7 Å². The predicted molar refractivity (Wildman–Crippen MR) is 134 cm³/mol. The average Bonchev–Trinajstić information content (AvgIpc) is 3.52. The summed E-state index contributed by atoms with van der Waals surface area (Å²) in [4.78, 5) is 18.5. The first-order valence-electron chi connectivity index (χ1n) is 11.5. The van der Waals surface area contributed by atoms with E-state index in [1.807, 2.05) is 72.2 Å². The largest absolute Gasteiger partial charge is 0.462 e. The van der Waals surface area contributed by atoms with Gasteiger partial charge in [-0.25, -0.2) is 9.78 Å². The summed E-state index contributed by atoms with van der Waals surface area (Å²) in [6.45, 7) is 5.63. The quantitative estimate of drug-likeness (QED) is 0.301. The SMILES string of the molecule is CCOC(=O)c1s/c(=N/Nc2nc3ccccc3cc2C2OCCO2)n(Cc2ccccc2)c1C. The van der Waals surface area contributed by atoms with E-state index in [1.165, 1.54) is 11.3 Å². The number of hydrogen-bond donors (Lipinski definition) is 1. The van der Waals surface area contributed by atoms with Gasteiger partial charge < -0.3 is 18.8 Å². The third-order valence-corrected chi connectivity index (χ3v) is 6.85. The number of esters is 1. The number of hydrogen-bond acceptors (Lipinski definition) is 8. The number of nitrogens with zero attached hydrogens (tertiary/aromatic N) is 3. The van der Waals surface area contributed by atoms with E-state index in [-0.39, 0.29) is 5.97 Å². The second-order valence-electron chi connectivity index (χ2n) is 8.01. The van der Waals surface area contributed by atoms with Crippen molar-refractivity contribution in [3.63, 3.8) is 0 Å². The molecule has 1 N–H and O–H groups in total. The van der Waals surface area contributed by atoms with Crippen molar-refractivity contribution in [2.45, 2.75) is 26.7 Å². The van der Waals surface area contributed by atoms with Crippen LogP contribution >= 0.6 is 11.3 Å². The Bertz CT molecular complexity index is 1410. The van der Waals surface area contributed by atoms with Crippen molar-refractivity contribution in [2.75, 3.05) is 25.2 Å². The van der Waals surface area contributed by atoms with Gasteiger partial charge in [0.2, 0.25) is 4.80 Å². The van der Waals surface area contributed by atoms with E-state index < -0.39 is 6.29 Å². The van der Waals surface area contributed by atoms with Crippen LogP contribution in [0, 0.1) is 6.92 Å². The Kier molecular flexibility index (Phi) is 6.89. The van der Waals surface area contributed by atoms with Crippen molar-refractivity contribution in [1.82, 2.24) is 9.55 Å². The van der Waals surface area contributed by atoms with Crippen LogP contribution in [-0.4, -0.2) is 35.3 Å². The van der Waals surface area contributed by atoms with Crippen LogP contribution in [0.2, 0.25) is 0 Å². The lowest BCUT2D eigenvalue weighted by molar-refractivity contribution is -0.0436. The number of ether oxygens (including phenoxy) is 3. The highest BCUT2D eigenvalue weighted by molar-refractivity contribution is 7.11. The molecular formula is C26H26N4O4S. The molecule has 0 unspecified atom stereocenters. The molecule has 1 aliphatic rings. The van der Waals surface area contributed by atoms with Gasteiger partial charge >= 0.3 is 5.97 Å². The zero-order chi connectivity index (χ0) is 24.2. The molecule has 1 fully saturated rings. The van der Waals surface area contributed by atoms with Crippen LogP contribution in [0.1, 0.15) is 39.7 Å². The third-order valence-electron chi connectivity index (χ3n) is 5.69. The summed E-state index contributed by atoms with van der Waals surface area (Å²) in [6.07, 6.45) is -0.513. The van der Waals surface area contributed by atoms with Gasteiger partial charge in [-0.15, -0.1) is 5.10 Å². The summed E-state index contributed by atoms with van der Waals surface area (Å²) >= 11 is 1.28. The molecule has 0 aliphatic carbocycles. The van der Waals surface area contributed by atoms with Gasteiger partial charge in [0, 0.05) is 11.1 Å². The van der Waals surface area contributed by atoms with Crippen LogP contribution in [0.4, 0.5) is 5.82 Å². The maximum Gasteiger partial charge on any atom is 0.350 e. The zero-order valence-corrected chi connectivity index (χ0v) is 20.4. The topological polar surface area (TPSA) is 87.0 Å². The first kappa shape index (κ1) is 23.2. The van der Waals surface area contributed by atoms with Gasteiger partial charge in [0.25, 0.3) is 0 Å². The lowest BCUT2D eigenvalue weighted by Crippen LogP contribution is -2.19. The summed E-state index contributed by atoms with van der Waals surface area (Å²) < 4.78 is 18.8. The van der Waals surface area contributed by atoms with Gasteiger partial charge in [-0.2, -0.15) is 0 Å². The smallest absolute Gasteiger partial charge is 0.350 e. The van der Waals surface area contributed by atoms with Crippen molar-refractivity contribution < 1.29 is 19.0 Å². The first-order valence-corrected chi connectivity index (χ1v) is 12.3. The Hall–Kier alpha value is -3.53.